The largest absolute Gasteiger partial charge is 0.315 e. The van der Waals surface area contributed by atoms with Crippen LogP contribution in [-0.2, 0) is 6.54 Å². The molecule has 3 nitrogen and oxygen atoms in total. The van der Waals surface area contributed by atoms with E-state index in [2.05, 4.69) is 43.4 Å². The lowest BCUT2D eigenvalue weighted by molar-refractivity contribution is 0.111. The fraction of sp³-hybridized carbons (Fsp3) is 0.250. The monoisotopic (exact) mass is 306 g/mol. The quantitative estimate of drug-likeness (QED) is 0.633. The molecule has 0 fully saturated rings. The van der Waals surface area contributed by atoms with Gasteiger partial charge in [-0.05, 0) is 38.3 Å². The van der Waals surface area contributed by atoms with Gasteiger partial charge in [0, 0.05) is 6.54 Å². The van der Waals surface area contributed by atoms with Gasteiger partial charge in [0.1, 0.15) is 9.21 Å². The molecule has 0 aromatic carbocycles. The summed E-state index contributed by atoms with van der Waals surface area (Å²) in [6.07, 6.45) is 3.34. The Bertz CT molecular complexity index is 333. The van der Waals surface area contributed by atoms with Gasteiger partial charge in [-0.25, -0.2) is 4.98 Å². The van der Waals surface area contributed by atoms with Crippen LogP contribution in [0, 0.1) is 0 Å². The summed E-state index contributed by atoms with van der Waals surface area (Å²) in [4.78, 5) is 14.6. The first-order chi connectivity index (χ1) is 6.20. The fourth-order valence-corrected chi connectivity index (χ4v) is 1.79. The van der Waals surface area contributed by atoms with Gasteiger partial charge in [0.25, 0.3) is 0 Å². The summed E-state index contributed by atoms with van der Waals surface area (Å²) in [5.74, 6) is 0.417. The molecule has 0 amide bonds. The molecule has 0 atom stereocenters. The SMILES string of the molecule is C=CCCn1c(C=O)nc(Br)c1Br. The molecule has 0 saturated heterocycles. The highest BCUT2D eigenvalue weighted by atomic mass is 79.9. The second-order valence-corrected chi connectivity index (χ2v) is 3.90. The lowest BCUT2D eigenvalue weighted by atomic mass is 10.4. The number of hydrogen-bond donors (Lipinski definition) is 0. The van der Waals surface area contributed by atoms with Gasteiger partial charge in [-0.3, -0.25) is 4.79 Å². The molecule has 0 radical (unpaired) electrons. The summed E-state index contributed by atoms with van der Waals surface area (Å²) < 4.78 is 3.23. The highest BCUT2D eigenvalue weighted by molar-refractivity contribution is 9.13. The summed E-state index contributed by atoms with van der Waals surface area (Å²) in [5, 5.41) is 0. The molecule has 0 aliphatic rings. The number of aromatic nitrogens is 2. The molecule has 5 heteroatoms. The highest BCUT2D eigenvalue weighted by Crippen LogP contribution is 2.23. The Balaban J connectivity index is 3.00. The molecule has 13 heavy (non-hydrogen) atoms. The van der Waals surface area contributed by atoms with Crippen LogP contribution in [0.3, 0.4) is 0 Å². The first kappa shape index (κ1) is 10.7. The van der Waals surface area contributed by atoms with Gasteiger partial charge < -0.3 is 4.57 Å². The molecule has 0 bridgehead atoms. The van der Waals surface area contributed by atoms with Crippen molar-refractivity contribution >= 4 is 38.1 Å². The summed E-state index contributed by atoms with van der Waals surface area (Å²) in [7, 11) is 0. The number of carbonyl (C=O) groups is 1. The average Bonchev–Trinajstić information content (AvgIpc) is 2.40. The molecule has 1 rings (SSSR count). The normalized spacial score (nSPS) is 10.0. The van der Waals surface area contributed by atoms with Crippen molar-refractivity contribution in [3.8, 4) is 0 Å². The first-order valence-electron chi connectivity index (χ1n) is 3.68. The number of halogens is 2. The number of rotatable bonds is 4. The predicted octanol–water partition coefficient (Wildman–Crippen LogP) is 2.80. The lowest BCUT2D eigenvalue weighted by Crippen LogP contribution is -2.02. The van der Waals surface area contributed by atoms with Crippen LogP contribution in [0.1, 0.15) is 17.0 Å². The first-order valence-corrected chi connectivity index (χ1v) is 5.27. The standard InChI is InChI=1S/C8H8Br2N2O/c1-2-3-4-12-6(5-13)11-7(9)8(12)10/h2,5H,1,3-4H2. The number of allylic oxidation sites excluding steroid dienone is 1. The Morgan fingerprint density at radius 2 is 2.23 bits per heavy atom. The summed E-state index contributed by atoms with van der Waals surface area (Å²) in [5.41, 5.74) is 0. The summed E-state index contributed by atoms with van der Waals surface area (Å²) >= 11 is 6.57. The summed E-state index contributed by atoms with van der Waals surface area (Å²) in [6.45, 7) is 4.32. The molecular formula is C8H8Br2N2O. The third kappa shape index (κ3) is 2.28. The van der Waals surface area contributed by atoms with E-state index >= 15 is 0 Å². The van der Waals surface area contributed by atoms with Crippen LogP contribution in [0.4, 0.5) is 0 Å². The van der Waals surface area contributed by atoms with Crippen LogP contribution >= 0.6 is 31.9 Å². The lowest BCUT2D eigenvalue weighted by Gasteiger charge is -2.02. The Hall–Kier alpha value is -0.420. The zero-order chi connectivity index (χ0) is 9.84. The van der Waals surface area contributed by atoms with Crippen LogP contribution in [0.25, 0.3) is 0 Å². The second kappa shape index (κ2) is 4.72. The number of imidazole rings is 1. The molecule has 0 spiro atoms. The Kier molecular flexibility index (Phi) is 3.87. The molecule has 1 heterocycles. The minimum atomic E-state index is 0.417. The van der Waals surface area contributed by atoms with E-state index in [4.69, 9.17) is 0 Å². The van der Waals surface area contributed by atoms with Crippen molar-refractivity contribution in [2.45, 2.75) is 13.0 Å². The van der Waals surface area contributed by atoms with E-state index in [1.165, 1.54) is 0 Å². The number of nitrogens with zero attached hydrogens (tertiary/aromatic N) is 2. The Morgan fingerprint density at radius 3 is 2.77 bits per heavy atom. The van der Waals surface area contributed by atoms with Crippen molar-refractivity contribution in [3.63, 3.8) is 0 Å². The van der Waals surface area contributed by atoms with Gasteiger partial charge >= 0.3 is 0 Å². The van der Waals surface area contributed by atoms with E-state index < -0.39 is 0 Å². The van der Waals surface area contributed by atoms with E-state index in [1.807, 2.05) is 0 Å². The van der Waals surface area contributed by atoms with Gasteiger partial charge in [0.2, 0.25) is 0 Å². The molecule has 0 aliphatic carbocycles. The predicted molar refractivity (Wildman–Crippen MR) is 57.8 cm³/mol. The molecule has 70 valence electrons. The van der Waals surface area contributed by atoms with E-state index in [-0.39, 0.29) is 0 Å². The molecule has 0 saturated carbocycles. The van der Waals surface area contributed by atoms with Crippen LogP contribution in [0.2, 0.25) is 0 Å². The van der Waals surface area contributed by atoms with Crippen molar-refractivity contribution in [3.05, 3.63) is 27.7 Å². The highest BCUT2D eigenvalue weighted by Gasteiger charge is 2.11. The molecule has 1 aromatic rings. The van der Waals surface area contributed by atoms with Crippen LogP contribution in [0.5, 0.6) is 0 Å². The molecule has 1 aromatic heterocycles. The fourth-order valence-electron chi connectivity index (χ4n) is 0.942. The van der Waals surface area contributed by atoms with Crippen LogP contribution < -0.4 is 0 Å². The van der Waals surface area contributed by atoms with Gasteiger partial charge in [-0.2, -0.15) is 0 Å². The van der Waals surface area contributed by atoms with Gasteiger partial charge in [-0.15, -0.1) is 6.58 Å². The van der Waals surface area contributed by atoms with E-state index in [1.54, 1.807) is 10.6 Å². The van der Waals surface area contributed by atoms with E-state index in [0.717, 1.165) is 17.3 Å². The smallest absolute Gasteiger partial charge is 0.185 e. The third-order valence-corrected chi connectivity index (χ3v) is 3.45. The second-order valence-electron chi connectivity index (χ2n) is 2.40. The third-order valence-electron chi connectivity index (χ3n) is 1.56. The van der Waals surface area contributed by atoms with Gasteiger partial charge in [0.05, 0.1) is 0 Å². The number of hydrogen-bond acceptors (Lipinski definition) is 2. The Labute approximate surface area is 93.1 Å². The minimum Gasteiger partial charge on any atom is -0.315 e. The van der Waals surface area contributed by atoms with E-state index in [0.29, 0.717) is 17.0 Å². The van der Waals surface area contributed by atoms with Crippen molar-refractivity contribution in [2.75, 3.05) is 0 Å². The Morgan fingerprint density at radius 1 is 1.54 bits per heavy atom. The molecule has 0 unspecified atom stereocenters. The van der Waals surface area contributed by atoms with Gasteiger partial charge in [-0.1, -0.05) is 6.08 Å². The molecule has 0 aliphatic heterocycles. The van der Waals surface area contributed by atoms with Crippen molar-refractivity contribution < 1.29 is 4.79 Å². The molecule has 0 N–H and O–H groups in total. The maximum atomic E-state index is 10.6. The summed E-state index contributed by atoms with van der Waals surface area (Å²) in [6, 6.07) is 0. The van der Waals surface area contributed by atoms with E-state index in [9.17, 15) is 4.79 Å². The maximum absolute atomic E-state index is 10.6. The minimum absolute atomic E-state index is 0.417. The number of carbonyl (C=O) groups excluding carboxylic acids is 1. The van der Waals surface area contributed by atoms with Crippen LogP contribution in [-0.4, -0.2) is 15.8 Å². The van der Waals surface area contributed by atoms with Crippen molar-refractivity contribution in [1.82, 2.24) is 9.55 Å². The van der Waals surface area contributed by atoms with Crippen molar-refractivity contribution in [1.29, 1.82) is 0 Å². The zero-order valence-electron chi connectivity index (χ0n) is 6.83. The average molecular weight is 308 g/mol. The molecular weight excluding hydrogens is 300 g/mol. The number of aldehydes is 1. The maximum Gasteiger partial charge on any atom is 0.185 e. The van der Waals surface area contributed by atoms with Crippen LogP contribution in [0.15, 0.2) is 21.9 Å². The van der Waals surface area contributed by atoms with Gasteiger partial charge in [0.15, 0.2) is 12.1 Å². The zero-order valence-corrected chi connectivity index (χ0v) is 10.0. The van der Waals surface area contributed by atoms with Crippen molar-refractivity contribution in [2.24, 2.45) is 0 Å². The topological polar surface area (TPSA) is 34.9 Å².